The summed E-state index contributed by atoms with van der Waals surface area (Å²) in [6, 6.07) is 10.9. The molecule has 0 heterocycles. The van der Waals surface area contributed by atoms with Gasteiger partial charge in [-0.05, 0) is 34.2 Å². The quantitative estimate of drug-likeness (QED) is 0.711. The van der Waals surface area contributed by atoms with E-state index in [4.69, 9.17) is 0 Å². The lowest BCUT2D eigenvalue weighted by Gasteiger charge is -2.25. The molecule has 0 aromatic heterocycles. The zero-order valence-corrected chi connectivity index (χ0v) is 17.2. The van der Waals surface area contributed by atoms with E-state index in [0.29, 0.717) is 5.56 Å². The summed E-state index contributed by atoms with van der Waals surface area (Å²) in [5.74, 6) is -2.13. The van der Waals surface area contributed by atoms with Gasteiger partial charge in [-0.2, -0.15) is 8.42 Å². The van der Waals surface area contributed by atoms with Crippen LogP contribution in [0.15, 0.2) is 52.9 Å². The number of alkyl halides is 3. The Labute approximate surface area is 173 Å². The molecule has 30 heavy (non-hydrogen) atoms. The van der Waals surface area contributed by atoms with E-state index in [1.807, 2.05) is 20.8 Å². The average molecular weight is 443 g/mol. The monoisotopic (exact) mass is 443 g/mol. The molecule has 10 heteroatoms. The van der Waals surface area contributed by atoms with Crippen molar-refractivity contribution in [2.24, 2.45) is 4.36 Å². The maximum absolute atomic E-state index is 12.4. The summed E-state index contributed by atoms with van der Waals surface area (Å²) in [7, 11) is -3.09. The molecule has 6 nitrogen and oxygen atoms in total. The second-order valence-corrected chi connectivity index (χ2v) is 8.29. The molecule has 1 N–H and O–H groups in total. The van der Waals surface area contributed by atoms with Crippen molar-refractivity contribution in [2.45, 2.75) is 44.5 Å². The van der Waals surface area contributed by atoms with Gasteiger partial charge in [-0.3, -0.25) is 0 Å². The highest BCUT2D eigenvalue weighted by Crippen LogP contribution is 2.34. The standard InChI is InChI=1S/C20H20F3NO5S/c1-18(2,3)14-6-4-13(5-7-14)12-19(17(25)26,24-30(27)28)15-8-10-16(11-9-15)29-20(21,22)23/h4-11H,12H2,1-3H3,(H,25,26). The fourth-order valence-electron chi connectivity index (χ4n) is 2.90. The van der Waals surface area contributed by atoms with Gasteiger partial charge in [-0.15, -0.1) is 17.5 Å². The van der Waals surface area contributed by atoms with Crippen molar-refractivity contribution < 1.29 is 36.2 Å². The lowest BCUT2D eigenvalue weighted by molar-refractivity contribution is -0.274. The van der Waals surface area contributed by atoms with Gasteiger partial charge in [0.05, 0.1) is 0 Å². The smallest absolute Gasteiger partial charge is 0.479 e. The number of nitrogens with zero attached hydrogens (tertiary/aromatic N) is 1. The normalized spacial score (nSPS) is 13.9. The van der Waals surface area contributed by atoms with Crippen LogP contribution in [0.3, 0.4) is 0 Å². The largest absolute Gasteiger partial charge is 0.573 e. The van der Waals surface area contributed by atoms with Crippen LogP contribution in [-0.2, 0) is 32.7 Å². The van der Waals surface area contributed by atoms with Crippen molar-refractivity contribution in [3.8, 4) is 5.75 Å². The molecule has 0 radical (unpaired) electrons. The number of carboxylic acids is 1. The summed E-state index contributed by atoms with van der Waals surface area (Å²) in [5.41, 5.74) is -1.00. The molecule has 2 aromatic rings. The predicted molar refractivity (Wildman–Crippen MR) is 103 cm³/mol. The summed E-state index contributed by atoms with van der Waals surface area (Å²) in [4.78, 5) is 12.1. The molecule has 1 unspecified atom stereocenters. The molecule has 2 aromatic carbocycles. The number of ether oxygens (including phenoxy) is 1. The zero-order chi connectivity index (χ0) is 22.7. The first kappa shape index (κ1) is 23.4. The Morgan fingerprint density at radius 2 is 1.47 bits per heavy atom. The van der Waals surface area contributed by atoms with E-state index in [1.54, 1.807) is 24.3 Å². The molecule has 0 spiro atoms. The van der Waals surface area contributed by atoms with E-state index >= 15 is 0 Å². The molecule has 0 aliphatic rings. The van der Waals surface area contributed by atoms with Gasteiger partial charge < -0.3 is 9.84 Å². The van der Waals surface area contributed by atoms with Crippen LogP contribution in [-0.4, -0.2) is 25.9 Å². The number of benzene rings is 2. The van der Waals surface area contributed by atoms with Gasteiger partial charge in [0.1, 0.15) is 5.75 Å². The Bertz CT molecular complexity index is 1030. The number of aliphatic carboxylic acids is 1. The Morgan fingerprint density at radius 1 is 0.967 bits per heavy atom. The molecule has 1 atom stereocenters. The van der Waals surface area contributed by atoms with Gasteiger partial charge in [-0.25, -0.2) is 4.79 Å². The van der Waals surface area contributed by atoms with Crippen LogP contribution in [0, 0.1) is 0 Å². The van der Waals surface area contributed by atoms with Crippen LogP contribution < -0.4 is 4.74 Å². The molecular weight excluding hydrogens is 423 g/mol. The molecule has 162 valence electrons. The highest BCUT2D eigenvalue weighted by atomic mass is 32.2. The second-order valence-electron chi connectivity index (χ2n) is 7.67. The highest BCUT2D eigenvalue weighted by molar-refractivity contribution is 7.61. The first-order valence-electron chi connectivity index (χ1n) is 8.74. The number of carboxylic acid groups (broad SMARTS) is 1. The summed E-state index contributed by atoms with van der Waals surface area (Å²) < 4.78 is 66.9. The number of hydrogen-bond donors (Lipinski definition) is 1. The predicted octanol–water partition coefficient (Wildman–Crippen LogP) is 4.47. The molecule has 0 saturated carbocycles. The Morgan fingerprint density at radius 3 is 1.87 bits per heavy atom. The van der Waals surface area contributed by atoms with Gasteiger partial charge in [0.25, 0.3) is 0 Å². The minimum Gasteiger partial charge on any atom is -0.479 e. The number of carbonyl (C=O) groups is 1. The lowest BCUT2D eigenvalue weighted by Crippen LogP contribution is -2.36. The maximum atomic E-state index is 12.4. The van der Waals surface area contributed by atoms with Crippen molar-refractivity contribution in [3.05, 3.63) is 65.2 Å². The summed E-state index contributed by atoms with van der Waals surface area (Å²) in [6.45, 7) is 6.01. The number of halogens is 3. The Hall–Kier alpha value is -2.88. The van der Waals surface area contributed by atoms with Gasteiger partial charge in [0, 0.05) is 6.42 Å². The molecule has 0 fully saturated rings. The average Bonchev–Trinajstić information content (AvgIpc) is 2.59. The fraction of sp³-hybridized carbons (Fsp3) is 0.350. The molecule has 0 bridgehead atoms. The summed E-state index contributed by atoms with van der Waals surface area (Å²) in [6.07, 6.45) is -5.23. The first-order chi connectivity index (χ1) is 13.7. The van der Waals surface area contributed by atoms with E-state index in [-0.39, 0.29) is 17.4 Å². The van der Waals surface area contributed by atoms with Crippen molar-refractivity contribution in [1.82, 2.24) is 0 Å². The van der Waals surface area contributed by atoms with Crippen LogP contribution in [0.4, 0.5) is 13.2 Å². The minimum absolute atomic E-state index is 0.103. The zero-order valence-electron chi connectivity index (χ0n) is 16.4. The molecule has 0 aliphatic heterocycles. The summed E-state index contributed by atoms with van der Waals surface area (Å²) in [5, 5.41) is 9.85. The van der Waals surface area contributed by atoms with Crippen LogP contribution >= 0.6 is 0 Å². The van der Waals surface area contributed by atoms with Gasteiger partial charge >= 0.3 is 22.8 Å². The first-order valence-corrected chi connectivity index (χ1v) is 9.77. The van der Waals surface area contributed by atoms with Gasteiger partial charge in [0.2, 0.25) is 5.54 Å². The SMILES string of the molecule is CC(C)(C)c1ccc(CC(N=S(=O)=O)(C(=O)O)c2ccc(OC(F)(F)F)cc2)cc1. The third kappa shape index (κ3) is 5.82. The highest BCUT2D eigenvalue weighted by Gasteiger charge is 2.42. The molecule has 2 rings (SSSR count). The Kier molecular flexibility index (Phi) is 6.60. The van der Waals surface area contributed by atoms with Gasteiger partial charge in [-0.1, -0.05) is 57.2 Å². The third-order valence-corrected chi connectivity index (χ3v) is 4.89. The molecular formula is C20H20F3NO5S. The van der Waals surface area contributed by atoms with E-state index in [1.165, 1.54) is 0 Å². The Balaban J connectivity index is 2.51. The van der Waals surface area contributed by atoms with Crippen LogP contribution in [0.5, 0.6) is 5.75 Å². The topological polar surface area (TPSA) is 93.0 Å². The fourth-order valence-corrected chi connectivity index (χ4v) is 3.41. The minimum atomic E-state index is -4.92. The maximum Gasteiger partial charge on any atom is 0.573 e. The van der Waals surface area contributed by atoms with Crippen LogP contribution in [0.2, 0.25) is 0 Å². The van der Waals surface area contributed by atoms with Crippen molar-refractivity contribution >= 4 is 16.5 Å². The second kappa shape index (κ2) is 8.47. The van der Waals surface area contributed by atoms with Gasteiger partial charge in [0.15, 0.2) is 0 Å². The van der Waals surface area contributed by atoms with Crippen LogP contribution in [0.1, 0.15) is 37.5 Å². The lowest BCUT2D eigenvalue weighted by atomic mass is 9.82. The van der Waals surface area contributed by atoms with E-state index in [2.05, 4.69) is 9.10 Å². The molecule has 0 saturated heterocycles. The summed E-state index contributed by atoms with van der Waals surface area (Å²) >= 11 is 0. The van der Waals surface area contributed by atoms with Crippen molar-refractivity contribution in [1.29, 1.82) is 0 Å². The number of rotatable bonds is 6. The van der Waals surface area contributed by atoms with E-state index in [9.17, 15) is 31.5 Å². The third-order valence-electron chi connectivity index (χ3n) is 4.43. The molecule has 0 aliphatic carbocycles. The van der Waals surface area contributed by atoms with E-state index < -0.39 is 34.1 Å². The van der Waals surface area contributed by atoms with Crippen LogP contribution in [0.25, 0.3) is 0 Å². The van der Waals surface area contributed by atoms with E-state index in [0.717, 1.165) is 29.8 Å². The molecule has 0 amide bonds. The number of hydrogen-bond acceptors (Lipinski definition) is 5. The van der Waals surface area contributed by atoms with Crippen molar-refractivity contribution in [2.75, 3.05) is 0 Å². The van der Waals surface area contributed by atoms with Crippen molar-refractivity contribution in [3.63, 3.8) is 0 Å².